The molecule has 1 amide bonds. The number of hydrogen-bond donors (Lipinski definition) is 1. The van der Waals surface area contributed by atoms with E-state index in [1.165, 1.54) is 75.5 Å². The maximum Gasteiger partial charge on any atom is 0.222 e. The Morgan fingerprint density at radius 2 is 1.50 bits per heavy atom. The minimum Gasteiger partial charge on any atom is -0.356 e. The normalized spacial score (nSPS) is 11.5. The highest BCUT2D eigenvalue weighted by molar-refractivity contribution is 5.77. The Morgan fingerprint density at radius 3 is 2.19 bits per heavy atom. The SMILES string of the molecule is CCCCCCCCCCCCn1c(CCCCCNC(=O)C(C)C)nc2ccccc21. The first-order valence-electron chi connectivity index (χ1n) is 13.3. The van der Waals surface area contributed by atoms with Gasteiger partial charge in [-0.3, -0.25) is 4.79 Å². The van der Waals surface area contributed by atoms with Crippen molar-refractivity contribution in [2.45, 2.75) is 117 Å². The van der Waals surface area contributed by atoms with Crippen LogP contribution in [0.3, 0.4) is 0 Å². The van der Waals surface area contributed by atoms with Crippen LogP contribution in [0, 0.1) is 5.92 Å². The fourth-order valence-electron chi connectivity index (χ4n) is 4.32. The number of carbonyl (C=O) groups excluding carboxylic acids is 1. The highest BCUT2D eigenvalue weighted by Gasteiger charge is 2.10. The van der Waals surface area contributed by atoms with Crippen LogP contribution >= 0.6 is 0 Å². The topological polar surface area (TPSA) is 46.9 Å². The number of nitrogens with zero attached hydrogens (tertiary/aromatic N) is 2. The molecule has 0 bridgehead atoms. The van der Waals surface area contributed by atoms with E-state index in [1.54, 1.807) is 0 Å². The minimum absolute atomic E-state index is 0.0701. The highest BCUT2D eigenvalue weighted by Crippen LogP contribution is 2.19. The van der Waals surface area contributed by atoms with Crippen LogP contribution in [0.15, 0.2) is 24.3 Å². The fraction of sp³-hybridized carbons (Fsp3) is 0.714. The van der Waals surface area contributed by atoms with Crippen molar-refractivity contribution >= 4 is 16.9 Å². The molecule has 0 aliphatic rings. The average molecular weight is 442 g/mol. The molecule has 4 nitrogen and oxygen atoms in total. The second-order valence-corrected chi connectivity index (χ2v) is 9.61. The van der Waals surface area contributed by atoms with Gasteiger partial charge in [-0.15, -0.1) is 0 Å². The van der Waals surface area contributed by atoms with Crippen molar-refractivity contribution in [3.8, 4) is 0 Å². The summed E-state index contributed by atoms with van der Waals surface area (Å²) >= 11 is 0. The van der Waals surface area contributed by atoms with Gasteiger partial charge in [0, 0.05) is 25.4 Å². The van der Waals surface area contributed by atoms with Gasteiger partial charge in [-0.05, 0) is 31.4 Å². The molecule has 0 unspecified atom stereocenters. The maximum atomic E-state index is 11.7. The molecule has 1 N–H and O–H groups in total. The van der Waals surface area contributed by atoms with Gasteiger partial charge in [-0.2, -0.15) is 0 Å². The molecule has 1 aromatic heterocycles. The van der Waals surface area contributed by atoms with E-state index in [2.05, 4.69) is 41.1 Å². The second kappa shape index (κ2) is 15.9. The van der Waals surface area contributed by atoms with E-state index in [0.29, 0.717) is 0 Å². The average Bonchev–Trinajstić information content (AvgIpc) is 3.14. The minimum atomic E-state index is 0.0701. The number of amides is 1. The molecule has 0 spiro atoms. The van der Waals surface area contributed by atoms with E-state index in [0.717, 1.165) is 44.3 Å². The summed E-state index contributed by atoms with van der Waals surface area (Å²) in [5, 5.41) is 3.02. The molecule has 0 radical (unpaired) electrons. The predicted molar refractivity (Wildman–Crippen MR) is 137 cm³/mol. The Bertz CT molecular complexity index is 765. The molecule has 0 saturated heterocycles. The lowest BCUT2D eigenvalue weighted by molar-refractivity contribution is -0.123. The van der Waals surface area contributed by atoms with Crippen LogP contribution in [0.4, 0.5) is 0 Å². The number of aromatic nitrogens is 2. The number of fused-ring (bicyclic) bond motifs is 1. The van der Waals surface area contributed by atoms with Crippen molar-refractivity contribution < 1.29 is 4.79 Å². The first kappa shape index (κ1) is 26.4. The van der Waals surface area contributed by atoms with Crippen molar-refractivity contribution in [3.63, 3.8) is 0 Å². The molecular weight excluding hydrogens is 394 g/mol. The molecule has 1 aromatic carbocycles. The third-order valence-electron chi connectivity index (χ3n) is 6.37. The Labute approximate surface area is 196 Å². The third-order valence-corrected chi connectivity index (χ3v) is 6.37. The summed E-state index contributed by atoms with van der Waals surface area (Å²) in [4.78, 5) is 16.6. The number of hydrogen-bond acceptors (Lipinski definition) is 2. The van der Waals surface area contributed by atoms with E-state index in [4.69, 9.17) is 4.98 Å². The lowest BCUT2D eigenvalue weighted by atomic mass is 10.1. The molecule has 2 rings (SSSR count). The van der Waals surface area contributed by atoms with Crippen LogP contribution in [0.25, 0.3) is 11.0 Å². The van der Waals surface area contributed by atoms with E-state index >= 15 is 0 Å². The molecule has 0 saturated carbocycles. The summed E-state index contributed by atoms with van der Waals surface area (Å²) in [7, 11) is 0. The van der Waals surface area contributed by atoms with Crippen LogP contribution in [0.5, 0.6) is 0 Å². The number of imidazole rings is 1. The number of benzene rings is 1. The molecule has 0 atom stereocenters. The molecule has 2 aromatic rings. The zero-order valence-corrected chi connectivity index (χ0v) is 21.0. The van der Waals surface area contributed by atoms with Crippen molar-refractivity contribution in [2.24, 2.45) is 5.92 Å². The zero-order valence-electron chi connectivity index (χ0n) is 21.0. The fourth-order valence-corrected chi connectivity index (χ4v) is 4.32. The molecule has 1 heterocycles. The van der Waals surface area contributed by atoms with E-state index in [1.807, 2.05) is 13.8 Å². The molecule has 32 heavy (non-hydrogen) atoms. The summed E-state index contributed by atoms with van der Waals surface area (Å²) in [5.74, 6) is 1.46. The van der Waals surface area contributed by atoms with Gasteiger partial charge in [0.1, 0.15) is 5.82 Å². The number of unbranched alkanes of at least 4 members (excludes halogenated alkanes) is 11. The Kier molecular flexibility index (Phi) is 13.1. The summed E-state index contributed by atoms with van der Waals surface area (Å²) in [6.07, 6.45) is 18.0. The van der Waals surface area contributed by atoms with Gasteiger partial charge in [0.15, 0.2) is 0 Å². The predicted octanol–water partition coefficient (Wildman–Crippen LogP) is 7.44. The highest BCUT2D eigenvalue weighted by atomic mass is 16.1. The summed E-state index contributed by atoms with van der Waals surface area (Å²) in [6.45, 7) is 8.02. The van der Waals surface area contributed by atoms with Gasteiger partial charge < -0.3 is 9.88 Å². The monoisotopic (exact) mass is 441 g/mol. The van der Waals surface area contributed by atoms with Gasteiger partial charge in [-0.25, -0.2) is 4.98 Å². The van der Waals surface area contributed by atoms with Crippen LogP contribution in [0.2, 0.25) is 0 Å². The first-order valence-corrected chi connectivity index (χ1v) is 13.3. The van der Waals surface area contributed by atoms with Crippen LogP contribution in [-0.4, -0.2) is 22.0 Å². The number of para-hydroxylation sites is 2. The zero-order chi connectivity index (χ0) is 23.0. The molecule has 4 heteroatoms. The van der Waals surface area contributed by atoms with E-state index in [9.17, 15) is 4.79 Å². The standard InChI is InChI=1S/C28H47N3O/c1-4-5-6-7-8-9-10-11-12-18-23-31-26-20-16-15-19-25(26)30-27(31)21-14-13-17-22-29-28(32)24(2)3/h15-16,19-20,24H,4-14,17-18,21-23H2,1-3H3,(H,29,32). The Morgan fingerprint density at radius 1 is 0.875 bits per heavy atom. The van der Waals surface area contributed by atoms with Crippen molar-refractivity contribution in [3.05, 3.63) is 30.1 Å². The van der Waals surface area contributed by atoms with Gasteiger partial charge >= 0.3 is 0 Å². The van der Waals surface area contributed by atoms with Crippen molar-refractivity contribution in [2.75, 3.05) is 6.54 Å². The van der Waals surface area contributed by atoms with E-state index < -0.39 is 0 Å². The summed E-state index contributed by atoms with van der Waals surface area (Å²) < 4.78 is 2.46. The van der Waals surface area contributed by atoms with Crippen LogP contribution in [0.1, 0.15) is 110 Å². The smallest absolute Gasteiger partial charge is 0.222 e. The van der Waals surface area contributed by atoms with Crippen LogP contribution in [-0.2, 0) is 17.8 Å². The number of rotatable bonds is 18. The molecule has 0 aliphatic carbocycles. The quantitative estimate of drug-likeness (QED) is 0.244. The second-order valence-electron chi connectivity index (χ2n) is 9.61. The van der Waals surface area contributed by atoms with Gasteiger partial charge in [-0.1, -0.05) is 97.1 Å². The van der Waals surface area contributed by atoms with Gasteiger partial charge in [0.25, 0.3) is 0 Å². The van der Waals surface area contributed by atoms with Crippen LogP contribution < -0.4 is 5.32 Å². The lowest BCUT2D eigenvalue weighted by Crippen LogP contribution is -2.28. The number of carbonyl (C=O) groups is 1. The third kappa shape index (κ3) is 9.75. The molecular formula is C28H47N3O. The van der Waals surface area contributed by atoms with Gasteiger partial charge in [0.05, 0.1) is 11.0 Å². The lowest BCUT2D eigenvalue weighted by Gasteiger charge is -2.10. The van der Waals surface area contributed by atoms with Crippen molar-refractivity contribution in [1.82, 2.24) is 14.9 Å². The van der Waals surface area contributed by atoms with Crippen molar-refractivity contribution in [1.29, 1.82) is 0 Å². The Balaban J connectivity index is 1.70. The molecule has 0 fully saturated rings. The largest absolute Gasteiger partial charge is 0.356 e. The number of nitrogens with one attached hydrogen (secondary N) is 1. The number of aryl methyl sites for hydroxylation is 2. The Hall–Kier alpha value is -1.84. The van der Waals surface area contributed by atoms with E-state index in [-0.39, 0.29) is 11.8 Å². The maximum absolute atomic E-state index is 11.7. The summed E-state index contributed by atoms with van der Waals surface area (Å²) in [6, 6.07) is 8.56. The summed E-state index contributed by atoms with van der Waals surface area (Å²) in [5.41, 5.74) is 2.40. The molecule has 180 valence electrons. The first-order chi connectivity index (χ1) is 15.6. The molecule has 0 aliphatic heterocycles. The van der Waals surface area contributed by atoms with Gasteiger partial charge in [0.2, 0.25) is 5.91 Å².